The Morgan fingerprint density at radius 1 is 1.73 bits per heavy atom. The zero-order chi connectivity index (χ0) is 11.2. The van der Waals surface area contributed by atoms with E-state index in [2.05, 4.69) is 12.2 Å². The first kappa shape index (κ1) is 10.8. The van der Waals surface area contributed by atoms with Crippen molar-refractivity contribution in [1.82, 2.24) is 4.90 Å². The zero-order valence-corrected chi connectivity index (χ0v) is 9.20. The third kappa shape index (κ3) is 1.45. The molecule has 7 heteroatoms. The Kier molecular flexibility index (Phi) is 2.70. The van der Waals surface area contributed by atoms with Gasteiger partial charge in [-0.3, -0.25) is 4.79 Å². The Bertz CT molecular complexity index is 335. The minimum Gasteiger partial charge on any atom is -0.480 e. The second-order valence-electron chi connectivity index (χ2n) is 3.48. The van der Waals surface area contributed by atoms with E-state index in [0.29, 0.717) is 5.75 Å². The number of aliphatic hydroxyl groups excluding tert-OH is 1. The third-order valence-corrected chi connectivity index (χ3v) is 4.32. The minimum absolute atomic E-state index is 0.229. The molecular weight excluding hydrogens is 238 g/mol. The fourth-order valence-corrected chi connectivity index (χ4v) is 3.63. The predicted octanol–water partition coefficient (Wildman–Crippen LogP) is -0.668. The maximum Gasteiger partial charge on any atom is 0.327 e. The number of fused-ring (bicyclic) bond motifs is 1. The number of carbonyl (C=O) groups is 2. The highest BCUT2D eigenvalue weighted by Crippen LogP contribution is 2.44. The van der Waals surface area contributed by atoms with Crippen LogP contribution in [0.4, 0.5) is 0 Å². The van der Waals surface area contributed by atoms with E-state index >= 15 is 0 Å². The van der Waals surface area contributed by atoms with Gasteiger partial charge in [0.15, 0.2) is 0 Å². The smallest absolute Gasteiger partial charge is 0.327 e. The van der Waals surface area contributed by atoms with Gasteiger partial charge in [-0.15, -0.1) is 11.8 Å². The summed E-state index contributed by atoms with van der Waals surface area (Å²) in [5, 5.41) is 19.2. The minimum atomic E-state index is -0.992. The summed E-state index contributed by atoms with van der Waals surface area (Å²) in [6.45, 7) is 0. The summed E-state index contributed by atoms with van der Waals surface area (Å²) in [4.78, 5) is 23.7. The summed E-state index contributed by atoms with van der Waals surface area (Å²) in [6, 6.07) is -0.749. The van der Waals surface area contributed by atoms with Gasteiger partial charge in [-0.05, 0) is 0 Å². The molecule has 0 aromatic heterocycles. The number of nitrogens with zero attached hydrogens (tertiary/aromatic N) is 1. The first-order valence-electron chi connectivity index (χ1n) is 4.38. The van der Waals surface area contributed by atoms with Gasteiger partial charge in [0.1, 0.15) is 6.04 Å². The molecule has 2 aliphatic rings. The van der Waals surface area contributed by atoms with Crippen molar-refractivity contribution in [2.75, 3.05) is 5.75 Å². The molecule has 5 nitrogen and oxygen atoms in total. The average molecular weight is 247 g/mol. The lowest BCUT2D eigenvalue weighted by atomic mass is 9.91. The molecule has 0 aromatic carbocycles. The van der Waals surface area contributed by atoms with Gasteiger partial charge in [0.25, 0.3) is 0 Å². The van der Waals surface area contributed by atoms with Gasteiger partial charge in [0.2, 0.25) is 5.91 Å². The number of carboxylic acids is 1. The van der Waals surface area contributed by atoms with Crippen LogP contribution in [0.25, 0.3) is 0 Å². The largest absolute Gasteiger partial charge is 0.480 e. The first-order valence-corrected chi connectivity index (χ1v) is 5.90. The SMILES string of the molecule is O=C(O)C1CSC2C([C@H](O)C=S)C(=O)N12. The van der Waals surface area contributed by atoms with Gasteiger partial charge >= 0.3 is 5.97 Å². The number of carbonyl (C=O) groups excluding carboxylic acids is 1. The van der Waals surface area contributed by atoms with E-state index in [1.54, 1.807) is 0 Å². The zero-order valence-electron chi connectivity index (χ0n) is 7.57. The van der Waals surface area contributed by atoms with Gasteiger partial charge in [0, 0.05) is 11.1 Å². The molecule has 2 fully saturated rings. The third-order valence-electron chi connectivity index (χ3n) is 2.67. The predicted molar refractivity (Wildman–Crippen MR) is 57.7 cm³/mol. The highest BCUT2D eigenvalue weighted by atomic mass is 32.2. The lowest BCUT2D eigenvalue weighted by molar-refractivity contribution is -0.164. The summed E-state index contributed by atoms with van der Waals surface area (Å²) in [5.74, 6) is -1.48. The van der Waals surface area contributed by atoms with E-state index in [0.717, 1.165) is 5.37 Å². The molecule has 0 bridgehead atoms. The second-order valence-corrected chi connectivity index (χ2v) is 4.90. The molecule has 0 aliphatic carbocycles. The van der Waals surface area contributed by atoms with E-state index in [1.807, 2.05) is 0 Å². The number of thioether (sulfide) groups is 1. The van der Waals surface area contributed by atoms with Crippen LogP contribution in [0.15, 0.2) is 0 Å². The maximum absolute atomic E-state index is 11.6. The van der Waals surface area contributed by atoms with Crippen LogP contribution in [0.5, 0.6) is 0 Å². The summed E-state index contributed by atoms with van der Waals surface area (Å²) in [5.41, 5.74) is 0. The Balaban J connectivity index is 2.13. The highest BCUT2D eigenvalue weighted by Gasteiger charge is 2.58. The van der Waals surface area contributed by atoms with Crippen molar-refractivity contribution in [3.63, 3.8) is 0 Å². The lowest BCUT2D eigenvalue weighted by Crippen LogP contribution is -2.64. The molecule has 1 amide bonds. The summed E-state index contributed by atoms with van der Waals surface area (Å²) >= 11 is 5.96. The van der Waals surface area contributed by atoms with E-state index in [-0.39, 0.29) is 11.3 Å². The van der Waals surface area contributed by atoms with Crippen LogP contribution >= 0.6 is 24.0 Å². The second kappa shape index (κ2) is 3.73. The molecule has 0 radical (unpaired) electrons. The van der Waals surface area contributed by atoms with Crippen molar-refractivity contribution < 1.29 is 19.8 Å². The van der Waals surface area contributed by atoms with Crippen molar-refractivity contribution in [1.29, 1.82) is 0 Å². The monoisotopic (exact) mass is 247 g/mol. The van der Waals surface area contributed by atoms with E-state index in [1.165, 1.54) is 16.7 Å². The maximum atomic E-state index is 11.6. The molecule has 4 atom stereocenters. The summed E-state index contributed by atoms with van der Waals surface area (Å²) in [6.07, 6.45) is -0.950. The number of amides is 1. The molecule has 2 aliphatic heterocycles. The van der Waals surface area contributed by atoms with E-state index in [9.17, 15) is 14.7 Å². The molecule has 82 valence electrons. The Morgan fingerprint density at radius 2 is 2.40 bits per heavy atom. The van der Waals surface area contributed by atoms with E-state index < -0.39 is 24.0 Å². The fraction of sp³-hybridized carbons (Fsp3) is 0.625. The van der Waals surface area contributed by atoms with Gasteiger partial charge < -0.3 is 15.1 Å². The number of β-lactam (4-membered cyclic amide) rings is 1. The molecule has 2 N–H and O–H groups in total. The van der Waals surface area contributed by atoms with Gasteiger partial charge in [-0.1, -0.05) is 12.2 Å². The van der Waals surface area contributed by atoms with Crippen LogP contribution in [0.3, 0.4) is 0 Å². The molecule has 3 unspecified atom stereocenters. The number of hydrogen-bond donors (Lipinski definition) is 2. The number of aliphatic carboxylic acids is 1. The van der Waals surface area contributed by atoms with Gasteiger partial charge in [-0.2, -0.15) is 0 Å². The van der Waals surface area contributed by atoms with Crippen LogP contribution in [0, 0.1) is 5.92 Å². The topological polar surface area (TPSA) is 77.8 Å². The van der Waals surface area contributed by atoms with Crippen LogP contribution < -0.4 is 0 Å². The van der Waals surface area contributed by atoms with Crippen LogP contribution in [0.1, 0.15) is 0 Å². The molecule has 0 saturated carbocycles. The molecule has 2 heterocycles. The summed E-state index contributed by atoms with van der Waals surface area (Å²) in [7, 11) is 0. The number of carboxylic acid groups (broad SMARTS) is 1. The van der Waals surface area contributed by atoms with Crippen molar-refractivity contribution in [2.24, 2.45) is 5.92 Å². The van der Waals surface area contributed by atoms with Crippen molar-refractivity contribution >= 4 is 41.2 Å². The standard InChI is InChI=1S/C8H9NO4S2/c10-4(1-14)5-6(11)9-3(8(12)13)2-15-7(5)9/h1,3-5,7,10H,2H2,(H,12,13)/t3?,4-,5?,7?/m1/s1. The number of rotatable bonds is 3. The Hall–Kier alpha value is -0.660. The Morgan fingerprint density at radius 3 is 2.93 bits per heavy atom. The molecule has 2 rings (SSSR count). The number of thiocarbonyl (C=S) groups is 1. The average Bonchev–Trinajstić information content (AvgIpc) is 2.57. The molecule has 2 saturated heterocycles. The van der Waals surface area contributed by atoms with Crippen molar-refractivity contribution in [3.8, 4) is 0 Å². The summed E-state index contributed by atoms with van der Waals surface area (Å²) < 4.78 is 0. The van der Waals surface area contributed by atoms with Crippen LogP contribution in [-0.4, -0.2) is 55.6 Å². The van der Waals surface area contributed by atoms with E-state index in [4.69, 9.17) is 5.11 Å². The highest BCUT2D eigenvalue weighted by molar-refractivity contribution is 8.00. The molecule has 15 heavy (non-hydrogen) atoms. The van der Waals surface area contributed by atoms with Gasteiger partial charge in [0.05, 0.1) is 17.4 Å². The van der Waals surface area contributed by atoms with Crippen LogP contribution in [-0.2, 0) is 9.59 Å². The lowest BCUT2D eigenvalue weighted by Gasteiger charge is -2.44. The Labute approximate surface area is 95.4 Å². The first-order chi connectivity index (χ1) is 7.07. The van der Waals surface area contributed by atoms with Crippen molar-refractivity contribution in [2.45, 2.75) is 17.5 Å². The fourth-order valence-electron chi connectivity index (χ4n) is 1.89. The quantitative estimate of drug-likeness (QED) is 0.509. The number of aliphatic hydroxyl groups is 1. The molecule has 0 aromatic rings. The normalized spacial score (nSPS) is 35.7. The van der Waals surface area contributed by atoms with Crippen LogP contribution in [0.2, 0.25) is 0 Å². The molecule has 0 spiro atoms. The van der Waals surface area contributed by atoms with Crippen molar-refractivity contribution in [3.05, 3.63) is 0 Å². The van der Waals surface area contributed by atoms with Gasteiger partial charge in [-0.25, -0.2) is 4.79 Å². The molecular formula is C8H9NO4S2. The number of hydrogen-bond acceptors (Lipinski definition) is 5.